The number of carbonyl (C=O) groups excluding carboxylic acids is 1. The molecule has 2 rings (SSSR count). The molecule has 1 heterocycles. The van der Waals surface area contributed by atoms with Gasteiger partial charge < -0.3 is 9.64 Å². The maximum Gasteiger partial charge on any atom is 0.222 e. The van der Waals surface area contributed by atoms with Gasteiger partial charge in [-0.1, -0.05) is 12.1 Å². The Morgan fingerprint density at radius 3 is 2.32 bits per heavy atom. The number of amides is 1. The van der Waals surface area contributed by atoms with Crippen LogP contribution in [0.2, 0.25) is 0 Å². The van der Waals surface area contributed by atoms with Crippen molar-refractivity contribution in [3.63, 3.8) is 0 Å². The molecule has 116 valence electrons. The van der Waals surface area contributed by atoms with Gasteiger partial charge in [-0.05, 0) is 47.7 Å². The lowest BCUT2D eigenvalue weighted by Gasteiger charge is -2.20. The standard InChI is InChI=1S/C18H22N2O2/c1-20(2)18(21)13-16(12-14-8-10-19-11-9-14)15-4-6-17(22-3)7-5-15/h4-11,16H,12-13H2,1-3H3. The molecule has 0 saturated carbocycles. The molecular formula is C18H22N2O2. The molecule has 0 aliphatic carbocycles. The Bertz CT molecular complexity index is 594. The van der Waals surface area contributed by atoms with E-state index in [1.165, 1.54) is 5.56 Å². The summed E-state index contributed by atoms with van der Waals surface area (Å²) in [7, 11) is 5.23. The van der Waals surface area contributed by atoms with Crippen LogP contribution in [0.4, 0.5) is 0 Å². The normalized spacial score (nSPS) is 11.8. The third kappa shape index (κ3) is 4.32. The highest BCUT2D eigenvalue weighted by Gasteiger charge is 2.18. The number of methoxy groups -OCH3 is 1. The predicted octanol–water partition coefficient (Wildman–Crippen LogP) is 2.89. The third-order valence-corrected chi connectivity index (χ3v) is 3.74. The summed E-state index contributed by atoms with van der Waals surface area (Å²) < 4.78 is 5.20. The molecule has 1 amide bonds. The van der Waals surface area contributed by atoms with Gasteiger partial charge in [0, 0.05) is 32.9 Å². The Kier molecular flexibility index (Phi) is 5.53. The van der Waals surface area contributed by atoms with Crippen LogP contribution >= 0.6 is 0 Å². The van der Waals surface area contributed by atoms with Gasteiger partial charge in [-0.25, -0.2) is 0 Å². The fourth-order valence-corrected chi connectivity index (χ4v) is 2.38. The topological polar surface area (TPSA) is 42.4 Å². The van der Waals surface area contributed by atoms with Crippen LogP contribution in [0.5, 0.6) is 5.75 Å². The van der Waals surface area contributed by atoms with Gasteiger partial charge in [-0.2, -0.15) is 0 Å². The van der Waals surface area contributed by atoms with Gasteiger partial charge in [0.15, 0.2) is 0 Å². The van der Waals surface area contributed by atoms with Gasteiger partial charge in [0.25, 0.3) is 0 Å². The van der Waals surface area contributed by atoms with Crippen LogP contribution in [0, 0.1) is 0 Å². The minimum atomic E-state index is 0.134. The fraction of sp³-hybridized carbons (Fsp3) is 0.333. The molecule has 2 aromatic rings. The molecule has 1 unspecified atom stereocenters. The first-order valence-electron chi connectivity index (χ1n) is 7.33. The first-order valence-corrected chi connectivity index (χ1v) is 7.33. The van der Waals surface area contributed by atoms with Crippen molar-refractivity contribution >= 4 is 5.91 Å². The zero-order valence-electron chi connectivity index (χ0n) is 13.3. The van der Waals surface area contributed by atoms with Crippen LogP contribution in [-0.4, -0.2) is 37.0 Å². The summed E-state index contributed by atoms with van der Waals surface area (Å²) in [5.74, 6) is 1.10. The number of pyridine rings is 1. The van der Waals surface area contributed by atoms with Crippen molar-refractivity contribution in [2.45, 2.75) is 18.8 Å². The molecule has 4 heteroatoms. The molecule has 22 heavy (non-hydrogen) atoms. The van der Waals surface area contributed by atoms with Crippen LogP contribution in [-0.2, 0) is 11.2 Å². The lowest BCUT2D eigenvalue weighted by atomic mass is 9.89. The molecule has 0 fully saturated rings. The van der Waals surface area contributed by atoms with Crippen molar-refractivity contribution in [3.8, 4) is 5.75 Å². The van der Waals surface area contributed by atoms with Crippen molar-refractivity contribution in [2.24, 2.45) is 0 Å². The summed E-state index contributed by atoms with van der Waals surface area (Å²) in [6.45, 7) is 0. The molecule has 4 nitrogen and oxygen atoms in total. The van der Waals surface area contributed by atoms with E-state index in [4.69, 9.17) is 4.74 Å². The highest BCUT2D eigenvalue weighted by Crippen LogP contribution is 2.26. The monoisotopic (exact) mass is 298 g/mol. The Morgan fingerprint density at radius 1 is 1.14 bits per heavy atom. The molecule has 0 aliphatic heterocycles. The molecule has 1 atom stereocenters. The summed E-state index contributed by atoms with van der Waals surface area (Å²) in [6, 6.07) is 11.9. The number of hydrogen-bond donors (Lipinski definition) is 0. The average molecular weight is 298 g/mol. The summed E-state index contributed by atoms with van der Waals surface area (Å²) in [6.07, 6.45) is 4.87. The maximum absolute atomic E-state index is 12.1. The Hall–Kier alpha value is -2.36. The van der Waals surface area contributed by atoms with Crippen molar-refractivity contribution in [2.75, 3.05) is 21.2 Å². The number of hydrogen-bond acceptors (Lipinski definition) is 3. The fourth-order valence-electron chi connectivity index (χ4n) is 2.38. The van der Waals surface area contributed by atoms with Crippen LogP contribution in [0.1, 0.15) is 23.5 Å². The third-order valence-electron chi connectivity index (χ3n) is 3.74. The SMILES string of the molecule is COc1ccc(C(CC(=O)N(C)C)Cc2ccncc2)cc1. The van der Waals surface area contributed by atoms with Gasteiger partial charge in [0.1, 0.15) is 5.75 Å². The minimum absolute atomic E-state index is 0.134. The number of rotatable bonds is 6. The van der Waals surface area contributed by atoms with E-state index in [2.05, 4.69) is 4.98 Å². The van der Waals surface area contributed by atoms with E-state index >= 15 is 0 Å². The number of ether oxygens (including phenoxy) is 1. The molecule has 1 aromatic carbocycles. The van der Waals surface area contributed by atoms with Crippen molar-refractivity contribution in [3.05, 3.63) is 59.9 Å². The van der Waals surface area contributed by atoms with E-state index in [9.17, 15) is 4.79 Å². The molecule has 0 bridgehead atoms. The first-order chi connectivity index (χ1) is 10.6. The van der Waals surface area contributed by atoms with E-state index in [1.807, 2.05) is 36.4 Å². The second kappa shape index (κ2) is 7.59. The van der Waals surface area contributed by atoms with Crippen LogP contribution in [0.25, 0.3) is 0 Å². The number of carbonyl (C=O) groups is 1. The van der Waals surface area contributed by atoms with E-state index in [-0.39, 0.29) is 11.8 Å². The van der Waals surface area contributed by atoms with Crippen molar-refractivity contribution in [1.29, 1.82) is 0 Å². The largest absolute Gasteiger partial charge is 0.497 e. The molecule has 1 aromatic heterocycles. The second-order valence-corrected chi connectivity index (χ2v) is 5.52. The maximum atomic E-state index is 12.1. The summed E-state index contributed by atoms with van der Waals surface area (Å²) in [5, 5.41) is 0. The van der Waals surface area contributed by atoms with Gasteiger partial charge in [-0.15, -0.1) is 0 Å². The highest BCUT2D eigenvalue weighted by atomic mass is 16.5. The van der Waals surface area contributed by atoms with E-state index in [1.54, 1.807) is 38.5 Å². The van der Waals surface area contributed by atoms with Gasteiger partial charge in [0.2, 0.25) is 5.91 Å². The summed E-state index contributed by atoms with van der Waals surface area (Å²) >= 11 is 0. The molecule has 0 aliphatic rings. The van der Waals surface area contributed by atoms with Gasteiger partial charge >= 0.3 is 0 Å². The Labute approximate surface area is 131 Å². The van der Waals surface area contributed by atoms with E-state index in [0.717, 1.165) is 17.7 Å². The second-order valence-electron chi connectivity index (χ2n) is 5.52. The molecular weight excluding hydrogens is 276 g/mol. The molecule has 0 spiro atoms. The molecule has 0 radical (unpaired) electrons. The number of nitrogens with zero attached hydrogens (tertiary/aromatic N) is 2. The quantitative estimate of drug-likeness (QED) is 0.823. The predicted molar refractivity (Wildman–Crippen MR) is 87.0 cm³/mol. The highest BCUT2D eigenvalue weighted by molar-refractivity contribution is 5.76. The van der Waals surface area contributed by atoms with Crippen LogP contribution < -0.4 is 4.74 Å². The Balaban J connectivity index is 2.21. The van der Waals surface area contributed by atoms with Crippen molar-refractivity contribution < 1.29 is 9.53 Å². The number of aromatic nitrogens is 1. The summed E-state index contributed by atoms with van der Waals surface area (Å²) in [5.41, 5.74) is 2.33. The first kappa shape index (κ1) is 16.0. The summed E-state index contributed by atoms with van der Waals surface area (Å²) in [4.78, 5) is 17.8. The van der Waals surface area contributed by atoms with Gasteiger partial charge in [-0.3, -0.25) is 9.78 Å². The van der Waals surface area contributed by atoms with Gasteiger partial charge in [0.05, 0.1) is 7.11 Å². The Morgan fingerprint density at radius 2 is 1.77 bits per heavy atom. The zero-order chi connectivity index (χ0) is 15.9. The van der Waals surface area contributed by atoms with E-state index in [0.29, 0.717) is 6.42 Å². The van der Waals surface area contributed by atoms with Crippen LogP contribution in [0.3, 0.4) is 0 Å². The van der Waals surface area contributed by atoms with Crippen LogP contribution in [0.15, 0.2) is 48.8 Å². The average Bonchev–Trinajstić information content (AvgIpc) is 2.55. The minimum Gasteiger partial charge on any atom is -0.497 e. The molecule has 0 N–H and O–H groups in total. The molecule has 0 saturated heterocycles. The lowest BCUT2D eigenvalue weighted by Crippen LogP contribution is -2.24. The lowest BCUT2D eigenvalue weighted by molar-refractivity contribution is -0.129. The zero-order valence-corrected chi connectivity index (χ0v) is 13.3. The van der Waals surface area contributed by atoms with E-state index < -0.39 is 0 Å². The van der Waals surface area contributed by atoms with Crippen molar-refractivity contribution in [1.82, 2.24) is 9.88 Å². The number of benzene rings is 1. The smallest absolute Gasteiger partial charge is 0.222 e.